The molecule has 0 saturated carbocycles. The van der Waals surface area contributed by atoms with E-state index in [2.05, 4.69) is 27.4 Å². The molecule has 0 aliphatic rings. The molecule has 0 spiro atoms. The summed E-state index contributed by atoms with van der Waals surface area (Å²) in [5.41, 5.74) is 0. The maximum absolute atomic E-state index is 5.86. The molecule has 1 heterocycles. The van der Waals surface area contributed by atoms with Crippen molar-refractivity contribution < 1.29 is 4.74 Å². The van der Waals surface area contributed by atoms with E-state index in [1.807, 2.05) is 50.2 Å². The maximum atomic E-state index is 5.86. The smallest absolute Gasteiger partial charge is 0.224 e. The third-order valence-corrected chi connectivity index (χ3v) is 3.12. The molecule has 0 unspecified atom stereocenters. The second-order valence-corrected chi connectivity index (χ2v) is 4.78. The first-order chi connectivity index (χ1) is 10.2. The minimum atomic E-state index is 0.550. The van der Waals surface area contributed by atoms with E-state index >= 15 is 0 Å². The van der Waals surface area contributed by atoms with Gasteiger partial charge in [0.2, 0.25) is 5.88 Å². The Bertz CT molecular complexity index is 771. The minimum Gasteiger partial charge on any atom is -0.439 e. The van der Waals surface area contributed by atoms with E-state index in [-0.39, 0.29) is 0 Å². The highest BCUT2D eigenvalue weighted by atomic mass is 16.5. The van der Waals surface area contributed by atoms with E-state index in [1.165, 1.54) is 5.39 Å². The van der Waals surface area contributed by atoms with Crippen molar-refractivity contribution in [3.05, 3.63) is 54.4 Å². The van der Waals surface area contributed by atoms with Crippen LogP contribution in [0.4, 0.5) is 5.82 Å². The average Bonchev–Trinajstić information content (AvgIpc) is 2.47. The van der Waals surface area contributed by atoms with Crippen LogP contribution in [0.2, 0.25) is 0 Å². The molecule has 0 atom stereocenters. The summed E-state index contributed by atoms with van der Waals surface area (Å²) in [6, 6.07) is 16.0. The fourth-order valence-electron chi connectivity index (χ4n) is 2.22. The summed E-state index contributed by atoms with van der Waals surface area (Å²) in [4.78, 5) is 8.63. The molecule has 4 heteroatoms. The lowest BCUT2D eigenvalue weighted by Crippen LogP contribution is -2.02. The van der Waals surface area contributed by atoms with Gasteiger partial charge >= 0.3 is 0 Å². The monoisotopic (exact) mass is 279 g/mol. The number of nitrogens with zero attached hydrogens (tertiary/aromatic N) is 2. The first-order valence-corrected chi connectivity index (χ1v) is 7.01. The van der Waals surface area contributed by atoms with Crippen LogP contribution in [0.5, 0.6) is 11.6 Å². The second-order valence-electron chi connectivity index (χ2n) is 4.78. The first kappa shape index (κ1) is 13.4. The Labute approximate surface area is 123 Å². The fourth-order valence-corrected chi connectivity index (χ4v) is 2.22. The van der Waals surface area contributed by atoms with Crippen LogP contribution in [0.1, 0.15) is 12.7 Å². The highest BCUT2D eigenvalue weighted by Crippen LogP contribution is 2.25. The quantitative estimate of drug-likeness (QED) is 0.779. The van der Waals surface area contributed by atoms with Crippen molar-refractivity contribution in [2.24, 2.45) is 0 Å². The lowest BCUT2D eigenvalue weighted by atomic mass is 10.1. The molecular weight excluding hydrogens is 262 g/mol. The van der Waals surface area contributed by atoms with Gasteiger partial charge in [-0.25, -0.2) is 4.98 Å². The topological polar surface area (TPSA) is 47.0 Å². The van der Waals surface area contributed by atoms with Gasteiger partial charge in [-0.1, -0.05) is 30.3 Å². The summed E-state index contributed by atoms with van der Waals surface area (Å²) in [6.45, 7) is 4.70. The van der Waals surface area contributed by atoms with Gasteiger partial charge in [-0.3, -0.25) is 0 Å². The zero-order valence-corrected chi connectivity index (χ0v) is 12.1. The molecule has 0 fully saturated rings. The first-order valence-electron chi connectivity index (χ1n) is 7.01. The molecule has 0 aliphatic carbocycles. The molecule has 0 amide bonds. The van der Waals surface area contributed by atoms with Gasteiger partial charge in [0.25, 0.3) is 0 Å². The summed E-state index contributed by atoms with van der Waals surface area (Å²) in [5, 5.41) is 5.51. The second kappa shape index (κ2) is 5.79. The number of hydrogen-bond donors (Lipinski definition) is 1. The van der Waals surface area contributed by atoms with Crippen LogP contribution in [0.25, 0.3) is 10.8 Å². The molecule has 0 bridgehead atoms. The predicted molar refractivity (Wildman–Crippen MR) is 85.0 cm³/mol. The van der Waals surface area contributed by atoms with Gasteiger partial charge in [0.05, 0.1) is 0 Å². The molecule has 0 radical (unpaired) electrons. The Kier molecular flexibility index (Phi) is 3.69. The van der Waals surface area contributed by atoms with Gasteiger partial charge in [0, 0.05) is 12.6 Å². The number of hydrogen-bond acceptors (Lipinski definition) is 4. The predicted octanol–water partition coefficient (Wildman–Crippen LogP) is 4.16. The van der Waals surface area contributed by atoms with Gasteiger partial charge < -0.3 is 10.1 Å². The van der Waals surface area contributed by atoms with Crippen LogP contribution in [0, 0.1) is 6.92 Å². The minimum absolute atomic E-state index is 0.550. The van der Waals surface area contributed by atoms with Crippen molar-refractivity contribution in [2.75, 3.05) is 11.9 Å². The van der Waals surface area contributed by atoms with Crippen LogP contribution in [0.3, 0.4) is 0 Å². The number of nitrogens with one attached hydrogen (secondary N) is 1. The van der Waals surface area contributed by atoms with E-state index in [0.717, 1.165) is 23.5 Å². The van der Waals surface area contributed by atoms with Gasteiger partial charge in [0.15, 0.2) is 0 Å². The third-order valence-electron chi connectivity index (χ3n) is 3.12. The standard InChI is InChI=1S/C17H17N3O/c1-3-18-16-11-17(20-12(2)19-16)21-15-9-8-13-6-4-5-7-14(13)10-15/h4-11H,3H2,1-2H3,(H,18,19,20). The van der Waals surface area contributed by atoms with Crippen molar-refractivity contribution in [1.29, 1.82) is 0 Å². The maximum Gasteiger partial charge on any atom is 0.224 e. The Morgan fingerprint density at radius 1 is 1.00 bits per heavy atom. The molecule has 3 aromatic rings. The van der Waals surface area contributed by atoms with Crippen molar-refractivity contribution in [3.63, 3.8) is 0 Å². The molecule has 3 rings (SSSR count). The zero-order valence-electron chi connectivity index (χ0n) is 12.1. The molecular formula is C17H17N3O. The van der Waals surface area contributed by atoms with E-state index < -0.39 is 0 Å². The van der Waals surface area contributed by atoms with E-state index in [0.29, 0.717) is 11.7 Å². The Morgan fingerprint density at radius 2 is 1.81 bits per heavy atom. The van der Waals surface area contributed by atoms with Gasteiger partial charge in [-0.05, 0) is 36.8 Å². The van der Waals surface area contributed by atoms with E-state index in [9.17, 15) is 0 Å². The lowest BCUT2D eigenvalue weighted by molar-refractivity contribution is 0.461. The summed E-state index contributed by atoms with van der Waals surface area (Å²) < 4.78 is 5.86. The van der Waals surface area contributed by atoms with Crippen molar-refractivity contribution in [2.45, 2.75) is 13.8 Å². The van der Waals surface area contributed by atoms with Crippen molar-refractivity contribution >= 4 is 16.6 Å². The van der Waals surface area contributed by atoms with Crippen LogP contribution < -0.4 is 10.1 Å². The highest BCUT2D eigenvalue weighted by molar-refractivity contribution is 5.83. The molecule has 21 heavy (non-hydrogen) atoms. The van der Waals surface area contributed by atoms with E-state index in [4.69, 9.17) is 4.74 Å². The van der Waals surface area contributed by atoms with Gasteiger partial charge in [-0.15, -0.1) is 0 Å². The van der Waals surface area contributed by atoms with Crippen molar-refractivity contribution in [3.8, 4) is 11.6 Å². The summed E-state index contributed by atoms with van der Waals surface area (Å²) in [5.74, 6) is 2.79. The average molecular weight is 279 g/mol. The number of rotatable bonds is 4. The molecule has 4 nitrogen and oxygen atoms in total. The van der Waals surface area contributed by atoms with Crippen LogP contribution >= 0.6 is 0 Å². The largest absolute Gasteiger partial charge is 0.439 e. The van der Waals surface area contributed by atoms with E-state index in [1.54, 1.807) is 0 Å². The molecule has 0 saturated heterocycles. The fraction of sp³-hybridized carbons (Fsp3) is 0.176. The van der Waals surface area contributed by atoms with Gasteiger partial charge in [0.1, 0.15) is 17.4 Å². The summed E-state index contributed by atoms with van der Waals surface area (Å²) in [6.07, 6.45) is 0. The van der Waals surface area contributed by atoms with Crippen LogP contribution in [-0.2, 0) is 0 Å². The lowest BCUT2D eigenvalue weighted by Gasteiger charge is -2.09. The number of anilines is 1. The highest BCUT2D eigenvalue weighted by Gasteiger charge is 2.04. The zero-order chi connectivity index (χ0) is 14.7. The summed E-state index contributed by atoms with van der Waals surface area (Å²) >= 11 is 0. The molecule has 1 N–H and O–H groups in total. The SMILES string of the molecule is CCNc1cc(Oc2ccc3ccccc3c2)nc(C)n1. The number of ether oxygens (including phenoxy) is 1. The molecule has 2 aromatic carbocycles. The normalized spacial score (nSPS) is 10.6. The number of aryl methyl sites for hydroxylation is 1. The molecule has 106 valence electrons. The number of benzene rings is 2. The number of aromatic nitrogens is 2. The Hall–Kier alpha value is -2.62. The Balaban J connectivity index is 1.90. The number of fused-ring (bicyclic) bond motifs is 1. The molecule has 1 aromatic heterocycles. The van der Waals surface area contributed by atoms with Gasteiger partial charge in [-0.2, -0.15) is 4.98 Å². The van der Waals surface area contributed by atoms with Crippen molar-refractivity contribution in [1.82, 2.24) is 9.97 Å². The Morgan fingerprint density at radius 3 is 2.62 bits per heavy atom. The summed E-state index contributed by atoms with van der Waals surface area (Å²) in [7, 11) is 0. The van der Waals surface area contributed by atoms with Crippen LogP contribution in [0.15, 0.2) is 48.5 Å². The van der Waals surface area contributed by atoms with Crippen LogP contribution in [-0.4, -0.2) is 16.5 Å². The third kappa shape index (κ3) is 3.11. The molecule has 0 aliphatic heterocycles.